The van der Waals surface area contributed by atoms with Gasteiger partial charge in [-0.1, -0.05) is 13.8 Å². The Labute approximate surface area is 72.6 Å². The first-order valence-corrected chi connectivity index (χ1v) is 4.26. The average molecular weight is 177 g/mol. The molecule has 1 atom stereocenters. The predicted molar refractivity (Wildman–Crippen MR) is 47.7 cm³/mol. The van der Waals surface area contributed by atoms with Gasteiger partial charge in [-0.3, -0.25) is 4.79 Å². The Bertz CT molecular complexity index is 128. The third kappa shape index (κ3) is 4.27. The Morgan fingerprint density at radius 1 is 1.64 bits per heavy atom. The summed E-state index contributed by atoms with van der Waals surface area (Å²) in [4.78, 5) is 10.8. The summed E-state index contributed by atoms with van der Waals surface area (Å²) in [5, 5.41) is 11.5. The minimum absolute atomic E-state index is 0.0167. The number of carbonyl (C=O) groups is 1. The number of aliphatic hydroxyl groups is 1. The summed E-state index contributed by atoms with van der Waals surface area (Å²) >= 11 is 3.80. The molecular formula is C7H15NO2S. The summed E-state index contributed by atoms with van der Waals surface area (Å²) in [6, 6.07) is -0.144. The minimum Gasteiger partial charge on any atom is -0.394 e. The zero-order chi connectivity index (χ0) is 8.85. The molecule has 2 N–H and O–H groups in total. The smallest absolute Gasteiger partial charge is 0.230 e. The maximum absolute atomic E-state index is 10.8. The van der Waals surface area contributed by atoms with Crippen LogP contribution in [0.3, 0.4) is 0 Å². The van der Waals surface area contributed by atoms with E-state index in [1.165, 1.54) is 0 Å². The van der Waals surface area contributed by atoms with E-state index in [1.807, 2.05) is 13.8 Å². The van der Waals surface area contributed by atoms with E-state index in [2.05, 4.69) is 17.9 Å². The first-order valence-electron chi connectivity index (χ1n) is 3.63. The van der Waals surface area contributed by atoms with E-state index in [9.17, 15) is 4.79 Å². The van der Waals surface area contributed by atoms with Crippen molar-refractivity contribution in [1.29, 1.82) is 0 Å². The van der Waals surface area contributed by atoms with Crippen LogP contribution in [0.15, 0.2) is 0 Å². The molecule has 0 aliphatic heterocycles. The number of amides is 1. The highest BCUT2D eigenvalue weighted by Gasteiger charge is 2.13. The molecule has 4 heteroatoms. The molecule has 0 aromatic heterocycles. The zero-order valence-corrected chi connectivity index (χ0v) is 7.77. The van der Waals surface area contributed by atoms with Gasteiger partial charge in [0.05, 0.1) is 18.4 Å². The Hall–Kier alpha value is -0.220. The van der Waals surface area contributed by atoms with E-state index in [1.54, 1.807) is 0 Å². The van der Waals surface area contributed by atoms with Crippen molar-refractivity contribution in [2.24, 2.45) is 5.92 Å². The van der Waals surface area contributed by atoms with E-state index in [0.29, 0.717) is 0 Å². The number of hydrogen-bond acceptors (Lipinski definition) is 3. The van der Waals surface area contributed by atoms with E-state index in [0.717, 1.165) is 0 Å². The third-order valence-corrected chi connectivity index (χ3v) is 1.78. The molecule has 0 bridgehead atoms. The number of aliphatic hydroxyl groups excluding tert-OH is 1. The lowest BCUT2D eigenvalue weighted by Gasteiger charge is -2.18. The minimum atomic E-state index is -0.144. The van der Waals surface area contributed by atoms with Gasteiger partial charge in [-0.05, 0) is 5.92 Å². The summed E-state index contributed by atoms with van der Waals surface area (Å²) < 4.78 is 0. The topological polar surface area (TPSA) is 49.3 Å². The van der Waals surface area contributed by atoms with Gasteiger partial charge in [-0.25, -0.2) is 0 Å². The predicted octanol–water partition coefficient (Wildman–Crippen LogP) is 0.0493. The van der Waals surface area contributed by atoms with Gasteiger partial charge in [-0.2, -0.15) is 12.6 Å². The van der Waals surface area contributed by atoms with E-state index >= 15 is 0 Å². The van der Waals surface area contributed by atoms with Gasteiger partial charge in [0.1, 0.15) is 0 Å². The maximum atomic E-state index is 10.8. The van der Waals surface area contributed by atoms with Crippen molar-refractivity contribution in [3.8, 4) is 0 Å². The lowest BCUT2D eigenvalue weighted by Crippen LogP contribution is -2.41. The Morgan fingerprint density at radius 2 is 2.18 bits per heavy atom. The summed E-state index contributed by atoms with van der Waals surface area (Å²) in [5.74, 6) is 0.286. The molecule has 3 nitrogen and oxygen atoms in total. The van der Waals surface area contributed by atoms with Crippen molar-refractivity contribution in [3.05, 3.63) is 0 Å². The Balaban J connectivity index is 3.78. The number of nitrogens with one attached hydrogen (secondary N) is 1. The summed E-state index contributed by atoms with van der Waals surface area (Å²) in [7, 11) is 0. The van der Waals surface area contributed by atoms with Gasteiger partial charge in [0.15, 0.2) is 0 Å². The number of rotatable bonds is 4. The van der Waals surface area contributed by atoms with Gasteiger partial charge in [-0.15, -0.1) is 0 Å². The molecule has 0 unspecified atom stereocenters. The van der Waals surface area contributed by atoms with Crippen LogP contribution in [0.4, 0.5) is 0 Å². The van der Waals surface area contributed by atoms with Crippen LogP contribution < -0.4 is 5.32 Å². The molecule has 0 spiro atoms. The monoisotopic (exact) mass is 177 g/mol. The number of hydrogen-bond donors (Lipinski definition) is 3. The molecular weight excluding hydrogens is 162 g/mol. The molecule has 66 valence electrons. The second-order valence-corrected chi connectivity index (χ2v) is 3.07. The average Bonchev–Trinajstić information content (AvgIpc) is 1.99. The lowest BCUT2D eigenvalue weighted by molar-refractivity contribution is -0.119. The van der Waals surface area contributed by atoms with Crippen molar-refractivity contribution in [2.45, 2.75) is 19.9 Å². The number of carbonyl (C=O) groups excluding carboxylic acids is 1. The van der Waals surface area contributed by atoms with E-state index in [-0.39, 0.29) is 30.2 Å². The molecule has 0 aliphatic rings. The van der Waals surface area contributed by atoms with E-state index < -0.39 is 0 Å². The Kier molecular flexibility index (Phi) is 5.32. The molecule has 1 amide bonds. The van der Waals surface area contributed by atoms with Crippen molar-refractivity contribution in [2.75, 3.05) is 12.4 Å². The second-order valence-electron chi connectivity index (χ2n) is 2.76. The molecule has 11 heavy (non-hydrogen) atoms. The van der Waals surface area contributed by atoms with Gasteiger partial charge < -0.3 is 10.4 Å². The van der Waals surface area contributed by atoms with Crippen LogP contribution in [-0.2, 0) is 4.79 Å². The van der Waals surface area contributed by atoms with Crippen LogP contribution in [0, 0.1) is 5.92 Å². The molecule has 0 radical (unpaired) electrons. The summed E-state index contributed by atoms with van der Waals surface area (Å²) in [6.45, 7) is 3.87. The highest BCUT2D eigenvalue weighted by Crippen LogP contribution is 1.99. The Morgan fingerprint density at radius 3 is 2.45 bits per heavy atom. The second kappa shape index (κ2) is 5.43. The number of thiol groups is 1. The third-order valence-electron chi connectivity index (χ3n) is 1.49. The van der Waals surface area contributed by atoms with Crippen LogP contribution in [0.5, 0.6) is 0 Å². The van der Waals surface area contributed by atoms with Crippen LogP contribution in [0.25, 0.3) is 0 Å². The molecule has 0 aromatic carbocycles. The van der Waals surface area contributed by atoms with Gasteiger partial charge in [0.25, 0.3) is 0 Å². The van der Waals surface area contributed by atoms with E-state index in [4.69, 9.17) is 5.11 Å². The van der Waals surface area contributed by atoms with Gasteiger partial charge in [0.2, 0.25) is 5.91 Å². The quantitative estimate of drug-likeness (QED) is 0.531. The fourth-order valence-electron chi connectivity index (χ4n) is 0.676. The first kappa shape index (κ1) is 10.8. The molecule has 0 rings (SSSR count). The summed E-state index contributed by atoms with van der Waals surface area (Å²) in [6.07, 6.45) is 0. The van der Waals surface area contributed by atoms with Crippen molar-refractivity contribution in [3.63, 3.8) is 0 Å². The van der Waals surface area contributed by atoms with Crippen LogP contribution in [-0.4, -0.2) is 29.4 Å². The first-order chi connectivity index (χ1) is 5.11. The van der Waals surface area contributed by atoms with Crippen LogP contribution in [0.1, 0.15) is 13.8 Å². The lowest BCUT2D eigenvalue weighted by atomic mass is 10.1. The molecule has 0 saturated heterocycles. The SMILES string of the molecule is CC(C)[C@@H](CO)NC(=O)CS. The molecule has 0 aromatic rings. The fourth-order valence-corrected chi connectivity index (χ4v) is 0.767. The molecule has 0 heterocycles. The highest BCUT2D eigenvalue weighted by molar-refractivity contribution is 7.81. The molecule has 0 aliphatic carbocycles. The van der Waals surface area contributed by atoms with Crippen molar-refractivity contribution >= 4 is 18.5 Å². The van der Waals surface area contributed by atoms with Gasteiger partial charge >= 0.3 is 0 Å². The zero-order valence-electron chi connectivity index (χ0n) is 6.87. The normalized spacial score (nSPS) is 13.2. The van der Waals surface area contributed by atoms with Crippen molar-refractivity contribution in [1.82, 2.24) is 5.32 Å². The highest BCUT2D eigenvalue weighted by atomic mass is 32.1. The standard InChI is InChI=1S/C7H15NO2S/c1-5(2)6(3-9)8-7(10)4-11/h5-6,9,11H,3-4H2,1-2H3,(H,8,10)/t6-/m1/s1. The van der Waals surface area contributed by atoms with Crippen LogP contribution >= 0.6 is 12.6 Å². The summed E-state index contributed by atoms with van der Waals surface area (Å²) in [5.41, 5.74) is 0. The van der Waals surface area contributed by atoms with Crippen LogP contribution in [0.2, 0.25) is 0 Å². The molecule has 0 fully saturated rings. The largest absolute Gasteiger partial charge is 0.394 e. The van der Waals surface area contributed by atoms with Gasteiger partial charge in [0, 0.05) is 0 Å². The molecule has 0 saturated carbocycles. The van der Waals surface area contributed by atoms with Crippen molar-refractivity contribution < 1.29 is 9.90 Å². The maximum Gasteiger partial charge on any atom is 0.230 e. The fraction of sp³-hybridized carbons (Fsp3) is 0.857.